The molecule has 11 nitrogen and oxygen atoms in total. The van der Waals surface area contributed by atoms with Gasteiger partial charge in [-0.3, -0.25) is 9.78 Å². The van der Waals surface area contributed by atoms with E-state index in [1.54, 1.807) is 19.0 Å². The maximum absolute atomic E-state index is 12.0. The second-order valence-corrected chi connectivity index (χ2v) is 8.49. The summed E-state index contributed by atoms with van der Waals surface area (Å²) in [5, 5.41) is 2.79. The summed E-state index contributed by atoms with van der Waals surface area (Å²) in [5.74, 6) is 0.330. The average molecular weight is 425 g/mol. The van der Waals surface area contributed by atoms with Crippen molar-refractivity contribution in [2.24, 2.45) is 0 Å². The number of nitrogens with two attached hydrogens (primary N) is 1. The molecular weight excluding hydrogens is 397 g/mol. The molecular formula is C14H28N5O6PS. The number of nitrogens with zero attached hydrogens (tertiary/aromatic N) is 2. The third-order valence-electron chi connectivity index (χ3n) is 3.66. The number of hydrogen-bond acceptors (Lipinski definition) is 10. The highest BCUT2D eigenvalue weighted by atomic mass is 32.5. The molecule has 1 aromatic rings. The number of anilines is 3. The zero-order valence-corrected chi connectivity index (χ0v) is 17.8. The molecule has 0 aliphatic carbocycles. The number of ether oxygens (including phenoxy) is 2. The second kappa shape index (κ2) is 10.9. The maximum atomic E-state index is 12.0. The zero-order valence-electron chi connectivity index (χ0n) is 16.1. The summed E-state index contributed by atoms with van der Waals surface area (Å²) >= 11 is 4.91. The molecule has 0 bridgehead atoms. The number of methoxy groups -OCH3 is 1. The van der Waals surface area contributed by atoms with Gasteiger partial charge in [0.1, 0.15) is 18.5 Å². The predicted octanol–water partition coefficient (Wildman–Crippen LogP) is 0.478. The molecule has 0 saturated heterocycles. The van der Waals surface area contributed by atoms with Crippen molar-refractivity contribution in [1.29, 1.82) is 0 Å². The van der Waals surface area contributed by atoms with Crippen molar-refractivity contribution in [3.8, 4) is 0 Å². The summed E-state index contributed by atoms with van der Waals surface area (Å²) in [6.07, 6.45) is -0.523. The SMILES string of the molecule is CCC(OCN(C)c1nc(N)[nH]c(=O)c1NC)[C@@H](COC)OP(O)(=S)OC. The quantitative estimate of drug-likeness (QED) is 0.274. The van der Waals surface area contributed by atoms with E-state index in [2.05, 4.69) is 15.3 Å². The average Bonchev–Trinajstić information content (AvgIpc) is 2.61. The van der Waals surface area contributed by atoms with E-state index in [0.29, 0.717) is 12.2 Å². The Labute approximate surface area is 163 Å². The molecule has 1 rings (SSSR count). The van der Waals surface area contributed by atoms with Crippen LogP contribution >= 0.6 is 6.72 Å². The molecule has 1 heterocycles. The summed E-state index contributed by atoms with van der Waals surface area (Å²) in [7, 11) is 6.09. The van der Waals surface area contributed by atoms with E-state index in [1.165, 1.54) is 14.2 Å². The highest BCUT2D eigenvalue weighted by Crippen LogP contribution is 2.44. The van der Waals surface area contributed by atoms with Gasteiger partial charge >= 0.3 is 6.72 Å². The first-order chi connectivity index (χ1) is 12.7. The Morgan fingerprint density at radius 2 is 2.11 bits per heavy atom. The number of H-pyrrole nitrogens is 1. The van der Waals surface area contributed by atoms with Gasteiger partial charge in [-0.2, -0.15) is 4.98 Å². The summed E-state index contributed by atoms with van der Waals surface area (Å²) in [6.45, 7) is -1.25. The van der Waals surface area contributed by atoms with Gasteiger partial charge in [0.15, 0.2) is 5.82 Å². The largest absolute Gasteiger partial charge is 0.382 e. The minimum atomic E-state index is -3.38. The van der Waals surface area contributed by atoms with E-state index in [1.807, 2.05) is 6.92 Å². The van der Waals surface area contributed by atoms with Crippen LogP contribution in [0, 0.1) is 0 Å². The first kappa shape index (κ1) is 23.8. The Morgan fingerprint density at radius 1 is 1.44 bits per heavy atom. The fourth-order valence-corrected chi connectivity index (χ4v) is 3.28. The number of aromatic amines is 1. The van der Waals surface area contributed by atoms with Gasteiger partial charge in [0.05, 0.1) is 12.7 Å². The molecule has 1 aromatic heterocycles. The Bertz CT molecular complexity index is 705. The van der Waals surface area contributed by atoms with Crippen molar-refractivity contribution in [2.75, 3.05) is 57.6 Å². The number of nitrogen functional groups attached to an aromatic ring is 1. The highest BCUT2D eigenvalue weighted by molar-refractivity contribution is 8.07. The van der Waals surface area contributed by atoms with Crippen LogP contribution in [-0.2, 0) is 30.3 Å². The third-order valence-corrected chi connectivity index (χ3v) is 5.36. The molecule has 0 saturated carbocycles. The van der Waals surface area contributed by atoms with Crippen molar-refractivity contribution in [3.63, 3.8) is 0 Å². The Kier molecular flexibility index (Phi) is 9.60. The summed E-state index contributed by atoms with van der Waals surface area (Å²) < 4.78 is 21.4. The van der Waals surface area contributed by atoms with Crippen LogP contribution < -0.4 is 21.5 Å². The Morgan fingerprint density at radius 3 is 2.63 bits per heavy atom. The number of nitrogens with one attached hydrogen (secondary N) is 2. The number of rotatable bonds is 12. The topological polar surface area (TPSA) is 144 Å². The smallest absolute Gasteiger partial charge is 0.324 e. The fraction of sp³-hybridized carbons (Fsp3) is 0.714. The van der Waals surface area contributed by atoms with Crippen molar-refractivity contribution < 1.29 is 23.4 Å². The van der Waals surface area contributed by atoms with Gasteiger partial charge in [-0.05, 0) is 18.2 Å². The summed E-state index contributed by atoms with van der Waals surface area (Å²) in [4.78, 5) is 30.1. The van der Waals surface area contributed by atoms with Crippen molar-refractivity contribution >= 4 is 36.0 Å². The number of hydrogen-bond donors (Lipinski definition) is 4. The lowest BCUT2D eigenvalue weighted by molar-refractivity contribution is -0.0583. The lowest BCUT2D eigenvalue weighted by Gasteiger charge is -2.30. The van der Waals surface area contributed by atoms with Crippen LogP contribution in [0.1, 0.15) is 13.3 Å². The van der Waals surface area contributed by atoms with Gasteiger partial charge < -0.3 is 39.4 Å². The van der Waals surface area contributed by atoms with Crippen LogP contribution in [0.3, 0.4) is 0 Å². The molecule has 0 fully saturated rings. The van der Waals surface area contributed by atoms with Gasteiger partial charge in [-0.25, -0.2) is 0 Å². The normalized spacial score (nSPS) is 15.8. The molecule has 2 unspecified atom stereocenters. The fourth-order valence-electron chi connectivity index (χ4n) is 2.32. The molecule has 0 aliphatic heterocycles. The van der Waals surface area contributed by atoms with E-state index in [9.17, 15) is 9.69 Å². The first-order valence-electron chi connectivity index (χ1n) is 8.15. The molecule has 0 aromatic carbocycles. The molecule has 0 spiro atoms. The van der Waals surface area contributed by atoms with Crippen LogP contribution in [0.2, 0.25) is 0 Å². The molecule has 27 heavy (non-hydrogen) atoms. The van der Waals surface area contributed by atoms with Gasteiger partial charge in [0.25, 0.3) is 5.56 Å². The van der Waals surface area contributed by atoms with Crippen LogP contribution in [0.5, 0.6) is 0 Å². The van der Waals surface area contributed by atoms with Gasteiger partial charge in [0.2, 0.25) is 5.95 Å². The predicted molar refractivity (Wildman–Crippen MR) is 108 cm³/mol. The van der Waals surface area contributed by atoms with Crippen LogP contribution in [0.15, 0.2) is 4.79 Å². The van der Waals surface area contributed by atoms with Gasteiger partial charge in [-0.15, -0.1) is 0 Å². The molecule has 0 aliphatic rings. The van der Waals surface area contributed by atoms with Gasteiger partial charge in [-0.1, -0.05) is 6.92 Å². The van der Waals surface area contributed by atoms with Crippen molar-refractivity contribution in [1.82, 2.24) is 9.97 Å². The van der Waals surface area contributed by atoms with E-state index in [0.717, 1.165) is 0 Å². The summed E-state index contributed by atoms with van der Waals surface area (Å²) in [5.41, 5.74) is 5.50. The Hall–Kier alpha value is -1.27. The van der Waals surface area contributed by atoms with Gasteiger partial charge in [0, 0.05) is 28.3 Å². The lowest BCUT2D eigenvalue weighted by atomic mass is 10.1. The number of aromatic nitrogens is 2. The van der Waals surface area contributed by atoms with Crippen molar-refractivity contribution in [3.05, 3.63) is 10.4 Å². The monoisotopic (exact) mass is 425 g/mol. The summed E-state index contributed by atoms with van der Waals surface area (Å²) in [6, 6.07) is 0. The third kappa shape index (κ3) is 7.00. The minimum Gasteiger partial charge on any atom is -0.382 e. The lowest BCUT2D eigenvalue weighted by Crippen LogP contribution is -2.38. The van der Waals surface area contributed by atoms with E-state index in [-0.39, 0.29) is 30.5 Å². The van der Waals surface area contributed by atoms with Crippen LogP contribution in [0.4, 0.5) is 17.5 Å². The highest BCUT2D eigenvalue weighted by Gasteiger charge is 2.29. The second-order valence-electron chi connectivity index (χ2n) is 5.59. The molecule has 0 radical (unpaired) electrons. The van der Waals surface area contributed by atoms with Crippen LogP contribution in [-0.4, -0.2) is 68.7 Å². The molecule has 3 atom stereocenters. The molecule has 13 heteroatoms. The first-order valence-corrected chi connectivity index (χ1v) is 10.7. The van der Waals surface area contributed by atoms with E-state index >= 15 is 0 Å². The minimum absolute atomic E-state index is 0.00505. The molecule has 0 amide bonds. The van der Waals surface area contributed by atoms with Crippen molar-refractivity contribution in [2.45, 2.75) is 25.6 Å². The van der Waals surface area contributed by atoms with Crippen LogP contribution in [0.25, 0.3) is 0 Å². The Balaban J connectivity index is 2.91. The maximum Gasteiger partial charge on any atom is 0.324 e. The zero-order chi connectivity index (χ0) is 20.6. The molecule has 156 valence electrons. The van der Waals surface area contributed by atoms with E-state index in [4.69, 9.17) is 36.1 Å². The van der Waals surface area contributed by atoms with E-state index < -0.39 is 18.9 Å². The standard InChI is InChI=1S/C14H28N5O6PS/c1-6-9(10(7-22-4)25-26(21,27)23-5)24-8-19(3)12-11(16-2)13(20)18-14(15)17-12/h9-10,16H,6-8H2,1-5H3,(H,21,27)(H3,15,17,18,20)/t9?,10-,26?/m1/s1. The molecule has 5 N–H and O–H groups in total.